The molecule has 2 bridgehead atoms. The van der Waals surface area contributed by atoms with E-state index in [0.717, 1.165) is 24.9 Å². The molecule has 0 aromatic heterocycles. The molecule has 1 saturated carbocycles. The molecule has 1 fully saturated rings. The number of rotatable bonds is 3. The first-order valence-electron chi connectivity index (χ1n) is 9.77. The molecule has 5 aliphatic rings. The molecule has 1 aromatic rings. The van der Waals surface area contributed by atoms with Crippen LogP contribution in [0.3, 0.4) is 0 Å². The van der Waals surface area contributed by atoms with Crippen molar-refractivity contribution in [2.75, 3.05) is 20.7 Å². The van der Waals surface area contributed by atoms with Crippen molar-refractivity contribution in [1.29, 1.82) is 5.26 Å². The van der Waals surface area contributed by atoms with Crippen LogP contribution in [0.15, 0.2) is 24.3 Å². The van der Waals surface area contributed by atoms with Crippen LogP contribution in [-0.4, -0.2) is 48.5 Å². The van der Waals surface area contributed by atoms with Crippen LogP contribution in [0.25, 0.3) is 0 Å². The number of benzene rings is 1. The normalized spacial score (nSPS) is 42.7. The quantitative estimate of drug-likeness (QED) is 0.834. The molecule has 142 valence electrons. The van der Waals surface area contributed by atoms with E-state index in [9.17, 15) is 10.4 Å². The molecule has 6 rings (SSSR count). The van der Waals surface area contributed by atoms with Gasteiger partial charge in [-0.1, -0.05) is 32.1 Å². The Hall–Kier alpha value is -2.03. The number of aromatic hydroxyl groups is 1. The largest absolute Gasteiger partial charge is 0.504 e. The van der Waals surface area contributed by atoms with Gasteiger partial charge in [-0.2, -0.15) is 5.26 Å². The molecule has 5 nitrogen and oxygen atoms in total. The lowest BCUT2D eigenvalue weighted by atomic mass is 9.39. The van der Waals surface area contributed by atoms with Gasteiger partial charge in [0.1, 0.15) is 11.7 Å². The van der Waals surface area contributed by atoms with Crippen molar-refractivity contribution < 1.29 is 14.6 Å². The van der Waals surface area contributed by atoms with Crippen molar-refractivity contribution in [3.05, 3.63) is 35.4 Å². The van der Waals surface area contributed by atoms with Gasteiger partial charge in [-0.25, -0.2) is 0 Å². The van der Waals surface area contributed by atoms with Crippen molar-refractivity contribution >= 4 is 0 Å². The predicted octanol–water partition coefficient (Wildman–Crippen LogP) is 2.77. The topological polar surface area (TPSA) is 65.7 Å². The summed E-state index contributed by atoms with van der Waals surface area (Å²) in [6.45, 7) is 5.37. The molecule has 1 spiro atoms. The first-order valence-corrected chi connectivity index (χ1v) is 9.77. The van der Waals surface area contributed by atoms with Crippen LogP contribution in [0, 0.1) is 22.7 Å². The summed E-state index contributed by atoms with van der Waals surface area (Å²) >= 11 is 0. The molecule has 1 heterocycles. The molecule has 4 aliphatic carbocycles. The van der Waals surface area contributed by atoms with E-state index in [4.69, 9.17) is 9.47 Å². The average Bonchev–Trinajstić information content (AvgIpc) is 3.03. The number of nitrogens with zero attached hydrogens (tertiary/aromatic N) is 2. The van der Waals surface area contributed by atoms with E-state index in [-0.39, 0.29) is 34.6 Å². The second-order valence-corrected chi connectivity index (χ2v) is 8.76. The van der Waals surface area contributed by atoms with Gasteiger partial charge < -0.3 is 19.5 Å². The van der Waals surface area contributed by atoms with Crippen molar-refractivity contribution in [3.8, 4) is 17.6 Å². The van der Waals surface area contributed by atoms with Crippen molar-refractivity contribution in [1.82, 2.24) is 4.90 Å². The van der Waals surface area contributed by atoms with E-state index in [1.54, 1.807) is 13.2 Å². The fraction of sp³-hybridized carbons (Fsp3) is 0.591. The summed E-state index contributed by atoms with van der Waals surface area (Å²) in [5, 5.41) is 20.6. The molecule has 6 atom stereocenters. The molecule has 0 amide bonds. The molecule has 27 heavy (non-hydrogen) atoms. The number of phenols is 1. The molecule has 0 saturated heterocycles. The molecular weight excluding hydrogens is 340 g/mol. The highest BCUT2D eigenvalue weighted by Gasteiger charge is 2.76. The summed E-state index contributed by atoms with van der Waals surface area (Å²) in [5.41, 5.74) is 0.997. The predicted molar refractivity (Wildman–Crippen MR) is 101 cm³/mol. The third kappa shape index (κ3) is 1.60. The molecule has 1 aliphatic heterocycles. The number of fused-ring (bicyclic) bond motifs is 1. The third-order valence-corrected chi connectivity index (χ3v) is 8.16. The minimum atomic E-state index is -0.791. The molecule has 1 aromatic carbocycles. The van der Waals surface area contributed by atoms with Gasteiger partial charge >= 0.3 is 0 Å². The first kappa shape index (κ1) is 17.1. The average molecular weight is 366 g/mol. The Morgan fingerprint density at radius 3 is 2.85 bits per heavy atom. The van der Waals surface area contributed by atoms with Crippen molar-refractivity contribution in [2.24, 2.45) is 11.3 Å². The van der Waals surface area contributed by atoms with Gasteiger partial charge in [-0.15, -0.1) is 0 Å². The number of phenolic OH excluding ortho intramolecular Hbond substituents is 1. The molecule has 0 unspecified atom stereocenters. The van der Waals surface area contributed by atoms with Crippen LogP contribution in [0.2, 0.25) is 0 Å². The van der Waals surface area contributed by atoms with Gasteiger partial charge in [0.15, 0.2) is 11.5 Å². The van der Waals surface area contributed by atoms with Gasteiger partial charge in [0.25, 0.3) is 0 Å². The molecule has 5 heteroatoms. The Bertz CT molecular complexity index is 906. The zero-order valence-corrected chi connectivity index (χ0v) is 16.3. The SMILES string of the molecule is CCN(C)[C@@H]1Cc2ccc(O)c3c2[C@@]2(C)[C@@H](O3)[C@@]3(OC)C=C[C@@]12C[C@H]3C#N. The summed E-state index contributed by atoms with van der Waals surface area (Å²) in [4.78, 5) is 2.40. The van der Waals surface area contributed by atoms with Crippen molar-refractivity contribution in [2.45, 2.75) is 49.9 Å². The van der Waals surface area contributed by atoms with E-state index in [1.807, 2.05) is 6.07 Å². The van der Waals surface area contributed by atoms with Gasteiger partial charge in [0.05, 0.1) is 12.0 Å². The van der Waals surface area contributed by atoms with Crippen LogP contribution in [0.5, 0.6) is 11.5 Å². The lowest BCUT2D eigenvalue weighted by Gasteiger charge is -2.66. The van der Waals surface area contributed by atoms with E-state index in [0.29, 0.717) is 5.75 Å². The maximum atomic E-state index is 10.6. The first-order chi connectivity index (χ1) is 12.9. The summed E-state index contributed by atoms with van der Waals surface area (Å²) in [7, 11) is 3.84. The van der Waals surface area contributed by atoms with E-state index in [2.05, 4.69) is 44.0 Å². The number of hydrogen-bond donors (Lipinski definition) is 1. The maximum Gasteiger partial charge on any atom is 0.165 e. The van der Waals surface area contributed by atoms with E-state index in [1.165, 1.54) is 5.56 Å². The summed E-state index contributed by atoms with van der Waals surface area (Å²) in [6.07, 6.45) is 5.70. The highest BCUT2D eigenvalue weighted by Crippen LogP contribution is 2.72. The number of hydrogen-bond acceptors (Lipinski definition) is 5. The number of ether oxygens (including phenoxy) is 2. The highest BCUT2D eigenvalue weighted by atomic mass is 16.6. The fourth-order valence-corrected chi connectivity index (χ4v) is 6.69. The fourth-order valence-electron chi connectivity index (χ4n) is 6.69. The lowest BCUT2D eigenvalue weighted by molar-refractivity contribution is -0.182. The Kier molecular flexibility index (Phi) is 3.21. The molecule has 1 N–H and O–H groups in total. The zero-order chi connectivity index (χ0) is 19.2. The number of nitriles is 1. The van der Waals surface area contributed by atoms with Gasteiger partial charge in [0, 0.05) is 29.5 Å². The summed E-state index contributed by atoms with van der Waals surface area (Å²) < 4.78 is 12.5. The smallest absolute Gasteiger partial charge is 0.165 e. The van der Waals surface area contributed by atoms with Gasteiger partial charge in [-0.3, -0.25) is 0 Å². The highest BCUT2D eigenvalue weighted by molar-refractivity contribution is 5.64. The van der Waals surface area contributed by atoms with Gasteiger partial charge in [-0.05, 0) is 38.1 Å². The number of methoxy groups -OCH3 is 1. The zero-order valence-electron chi connectivity index (χ0n) is 16.3. The Balaban J connectivity index is 1.86. The second kappa shape index (κ2) is 5.06. The molecular formula is C22H26N2O3. The maximum absolute atomic E-state index is 10.6. The van der Waals surface area contributed by atoms with Gasteiger partial charge in [0.2, 0.25) is 0 Å². The van der Waals surface area contributed by atoms with Crippen molar-refractivity contribution in [3.63, 3.8) is 0 Å². The standard InChI is InChI=1S/C22H26N2O3/c1-5-24(3)16-10-13-6-7-15(25)18-17(13)20(2)19(27-18)22(26-4)9-8-21(16,20)11-14(22)12-23/h6-9,14,16,19,25H,5,10-11H2,1-4H3/t14-,16+,19+,20-,21+,22+/m0/s1. The van der Waals surface area contributed by atoms with E-state index >= 15 is 0 Å². The van der Waals surface area contributed by atoms with Crippen LogP contribution in [0.1, 0.15) is 31.4 Å². The van der Waals surface area contributed by atoms with Crippen LogP contribution < -0.4 is 4.74 Å². The second-order valence-electron chi connectivity index (χ2n) is 8.76. The summed E-state index contributed by atoms with van der Waals surface area (Å²) in [5.74, 6) is 0.489. The Labute approximate surface area is 160 Å². The third-order valence-electron chi connectivity index (χ3n) is 8.16. The number of likely N-dealkylation sites (N-methyl/N-ethyl adjacent to an activating group) is 1. The lowest BCUT2D eigenvalue weighted by Crippen LogP contribution is -2.75. The minimum absolute atomic E-state index is 0.181. The van der Waals surface area contributed by atoms with Crippen LogP contribution in [0.4, 0.5) is 0 Å². The Morgan fingerprint density at radius 2 is 2.19 bits per heavy atom. The van der Waals surface area contributed by atoms with Crippen LogP contribution >= 0.6 is 0 Å². The Morgan fingerprint density at radius 1 is 1.41 bits per heavy atom. The minimum Gasteiger partial charge on any atom is -0.504 e. The van der Waals surface area contributed by atoms with E-state index < -0.39 is 5.60 Å². The molecule has 0 radical (unpaired) electrons. The van der Waals surface area contributed by atoms with Crippen LogP contribution in [-0.2, 0) is 16.6 Å². The summed E-state index contributed by atoms with van der Waals surface area (Å²) in [6, 6.07) is 6.57. The monoisotopic (exact) mass is 366 g/mol.